The number of carbonyl (C=O) groups excluding carboxylic acids is 1. The van der Waals surface area contributed by atoms with Crippen LogP contribution in [0.1, 0.15) is 35.4 Å². The van der Waals surface area contributed by atoms with Gasteiger partial charge in [0.15, 0.2) is 5.76 Å². The molecule has 3 rings (SSSR count). The second-order valence-electron chi connectivity index (χ2n) is 4.30. The highest BCUT2D eigenvalue weighted by Gasteiger charge is 2.25. The Labute approximate surface area is 117 Å². The maximum atomic E-state index is 11.8. The van der Waals surface area contributed by atoms with Crippen molar-refractivity contribution in [1.82, 2.24) is 10.2 Å². The molecule has 110 valence electrons. The van der Waals surface area contributed by atoms with Crippen LogP contribution in [0.25, 0.3) is 0 Å². The third-order valence-electron chi connectivity index (χ3n) is 2.86. The molecule has 0 aromatic carbocycles. The molecule has 21 heavy (non-hydrogen) atoms. The van der Waals surface area contributed by atoms with E-state index in [9.17, 15) is 14.9 Å². The summed E-state index contributed by atoms with van der Waals surface area (Å²) in [7, 11) is 0. The van der Waals surface area contributed by atoms with Crippen molar-refractivity contribution in [3.05, 3.63) is 33.9 Å². The van der Waals surface area contributed by atoms with Gasteiger partial charge in [-0.15, -0.1) is 5.10 Å². The number of ether oxygens (including phenoxy) is 1. The molecule has 2 aromatic heterocycles. The third kappa shape index (κ3) is 2.74. The fourth-order valence-corrected chi connectivity index (χ4v) is 1.89. The van der Waals surface area contributed by atoms with E-state index in [1.54, 1.807) is 0 Å². The van der Waals surface area contributed by atoms with E-state index >= 15 is 0 Å². The SMILES string of the molecule is O=C(Nc1nnc([C@@H]2CCCO2)o1)c1ccc([N+](=O)[O-])o1. The maximum absolute atomic E-state index is 11.8. The van der Waals surface area contributed by atoms with E-state index in [1.165, 1.54) is 6.07 Å². The number of nitrogens with zero attached hydrogens (tertiary/aromatic N) is 3. The lowest BCUT2D eigenvalue weighted by Crippen LogP contribution is -2.11. The molecule has 0 unspecified atom stereocenters. The Hall–Kier alpha value is -2.75. The van der Waals surface area contributed by atoms with Gasteiger partial charge in [0, 0.05) is 6.61 Å². The van der Waals surface area contributed by atoms with E-state index in [0.29, 0.717) is 6.61 Å². The van der Waals surface area contributed by atoms with Crippen LogP contribution in [0.5, 0.6) is 0 Å². The van der Waals surface area contributed by atoms with Crippen LogP contribution in [-0.4, -0.2) is 27.6 Å². The quantitative estimate of drug-likeness (QED) is 0.664. The largest absolute Gasteiger partial charge is 0.433 e. The summed E-state index contributed by atoms with van der Waals surface area (Å²) in [5.74, 6) is -1.18. The second kappa shape index (κ2) is 5.32. The Kier molecular flexibility index (Phi) is 3.36. The Bertz CT molecular complexity index is 672. The summed E-state index contributed by atoms with van der Waals surface area (Å²) in [6.45, 7) is 0.630. The van der Waals surface area contributed by atoms with Gasteiger partial charge in [-0.1, -0.05) is 5.10 Å². The molecule has 1 amide bonds. The summed E-state index contributed by atoms with van der Waals surface area (Å²) in [6, 6.07) is 2.15. The van der Waals surface area contributed by atoms with Gasteiger partial charge in [0.1, 0.15) is 11.0 Å². The molecule has 1 fully saturated rings. The summed E-state index contributed by atoms with van der Waals surface area (Å²) in [5, 5.41) is 20.2. The zero-order valence-electron chi connectivity index (χ0n) is 10.6. The van der Waals surface area contributed by atoms with Crippen LogP contribution >= 0.6 is 0 Å². The van der Waals surface area contributed by atoms with E-state index in [2.05, 4.69) is 15.5 Å². The lowest BCUT2D eigenvalue weighted by atomic mass is 10.2. The predicted molar refractivity (Wildman–Crippen MR) is 65.5 cm³/mol. The Morgan fingerprint density at radius 2 is 2.24 bits per heavy atom. The minimum Gasteiger partial charge on any atom is -0.405 e. The van der Waals surface area contributed by atoms with Crippen molar-refractivity contribution < 1.29 is 23.3 Å². The minimum atomic E-state index is -0.737. The maximum Gasteiger partial charge on any atom is 0.433 e. The first-order chi connectivity index (χ1) is 10.1. The van der Waals surface area contributed by atoms with Gasteiger partial charge in [0.05, 0.1) is 6.07 Å². The molecule has 0 aliphatic carbocycles. The number of nitrogens with one attached hydrogen (secondary N) is 1. The van der Waals surface area contributed by atoms with Crippen LogP contribution in [0.15, 0.2) is 21.0 Å². The number of hydrogen-bond donors (Lipinski definition) is 1. The number of hydrogen-bond acceptors (Lipinski definition) is 8. The molecule has 1 atom stereocenters. The zero-order valence-corrected chi connectivity index (χ0v) is 10.6. The van der Waals surface area contributed by atoms with E-state index in [4.69, 9.17) is 13.6 Å². The molecular formula is C11H10N4O6. The summed E-state index contributed by atoms with van der Waals surface area (Å²) in [6.07, 6.45) is 1.43. The molecule has 10 heteroatoms. The molecule has 0 bridgehead atoms. The smallest absolute Gasteiger partial charge is 0.405 e. The van der Waals surface area contributed by atoms with Crippen LogP contribution in [0.4, 0.5) is 11.9 Å². The minimum absolute atomic E-state index is 0.121. The number of amides is 1. The van der Waals surface area contributed by atoms with Gasteiger partial charge in [-0.3, -0.25) is 20.2 Å². The molecule has 1 aliphatic rings. The summed E-state index contributed by atoms with van der Waals surface area (Å²) in [5.41, 5.74) is 0. The molecule has 1 N–H and O–H groups in total. The molecule has 0 saturated carbocycles. The van der Waals surface area contributed by atoms with Crippen molar-refractivity contribution in [2.45, 2.75) is 18.9 Å². The van der Waals surface area contributed by atoms with Gasteiger partial charge in [0.25, 0.3) is 5.91 Å². The molecule has 0 spiro atoms. The molecule has 0 radical (unpaired) electrons. The standard InChI is InChI=1S/C11H10N4O6/c16-9(6-3-4-8(20-6)15(17)18)12-11-14-13-10(21-11)7-2-1-5-19-7/h3-4,7H,1-2,5H2,(H,12,14,16)/t7-/m0/s1. The third-order valence-corrected chi connectivity index (χ3v) is 2.86. The molecule has 1 saturated heterocycles. The first-order valence-corrected chi connectivity index (χ1v) is 6.14. The highest BCUT2D eigenvalue weighted by atomic mass is 16.6. The van der Waals surface area contributed by atoms with Crippen LogP contribution in [-0.2, 0) is 4.74 Å². The first kappa shape index (κ1) is 13.2. The van der Waals surface area contributed by atoms with E-state index in [-0.39, 0.29) is 23.8 Å². The van der Waals surface area contributed by atoms with Crippen LogP contribution < -0.4 is 5.32 Å². The highest BCUT2D eigenvalue weighted by Crippen LogP contribution is 2.28. The van der Waals surface area contributed by atoms with E-state index < -0.39 is 16.7 Å². The number of rotatable bonds is 4. The van der Waals surface area contributed by atoms with Crippen molar-refractivity contribution in [3.63, 3.8) is 0 Å². The number of anilines is 1. The van der Waals surface area contributed by atoms with Gasteiger partial charge in [0.2, 0.25) is 5.89 Å². The van der Waals surface area contributed by atoms with Gasteiger partial charge in [-0.2, -0.15) is 0 Å². The van der Waals surface area contributed by atoms with Crippen molar-refractivity contribution in [2.75, 3.05) is 11.9 Å². The van der Waals surface area contributed by atoms with Crippen molar-refractivity contribution in [3.8, 4) is 0 Å². The highest BCUT2D eigenvalue weighted by molar-refractivity contribution is 6.01. The van der Waals surface area contributed by atoms with Gasteiger partial charge >= 0.3 is 11.9 Å². The van der Waals surface area contributed by atoms with Gasteiger partial charge < -0.3 is 13.6 Å². The monoisotopic (exact) mass is 294 g/mol. The zero-order chi connectivity index (χ0) is 14.8. The average molecular weight is 294 g/mol. The number of furan rings is 1. The fourth-order valence-electron chi connectivity index (χ4n) is 1.89. The fraction of sp³-hybridized carbons (Fsp3) is 0.364. The molecule has 1 aliphatic heterocycles. The van der Waals surface area contributed by atoms with Gasteiger partial charge in [-0.25, -0.2) is 0 Å². The number of aromatic nitrogens is 2. The molecule has 3 heterocycles. The lowest BCUT2D eigenvalue weighted by Gasteiger charge is -2.01. The Morgan fingerprint density at radius 3 is 2.90 bits per heavy atom. The van der Waals surface area contributed by atoms with Crippen molar-refractivity contribution >= 4 is 17.8 Å². The second-order valence-corrected chi connectivity index (χ2v) is 4.30. The summed E-state index contributed by atoms with van der Waals surface area (Å²) in [4.78, 5) is 21.5. The van der Waals surface area contributed by atoms with Crippen LogP contribution in [0, 0.1) is 10.1 Å². The van der Waals surface area contributed by atoms with Crippen LogP contribution in [0.3, 0.4) is 0 Å². The summed E-state index contributed by atoms with van der Waals surface area (Å²) >= 11 is 0. The lowest BCUT2D eigenvalue weighted by molar-refractivity contribution is -0.402. The average Bonchev–Trinajstić information content (AvgIpc) is 3.19. The van der Waals surface area contributed by atoms with Gasteiger partial charge in [-0.05, 0) is 18.9 Å². The number of nitro groups is 1. The molecule has 2 aromatic rings. The Balaban J connectivity index is 1.67. The Morgan fingerprint density at radius 1 is 1.38 bits per heavy atom. The van der Waals surface area contributed by atoms with E-state index in [1.807, 2.05) is 0 Å². The van der Waals surface area contributed by atoms with Crippen molar-refractivity contribution in [2.24, 2.45) is 0 Å². The molecular weight excluding hydrogens is 284 g/mol. The normalized spacial score (nSPS) is 17.8. The number of carbonyl (C=O) groups is 1. The predicted octanol–water partition coefficient (Wildman–Crippen LogP) is 1.67. The first-order valence-electron chi connectivity index (χ1n) is 6.14. The molecule has 10 nitrogen and oxygen atoms in total. The van der Waals surface area contributed by atoms with E-state index in [0.717, 1.165) is 18.9 Å². The van der Waals surface area contributed by atoms with Crippen molar-refractivity contribution in [1.29, 1.82) is 0 Å². The summed E-state index contributed by atoms with van der Waals surface area (Å²) < 4.78 is 15.4. The topological polar surface area (TPSA) is 134 Å². The van der Waals surface area contributed by atoms with Crippen LogP contribution in [0.2, 0.25) is 0 Å².